The fourth-order valence-electron chi connectivity index (χ4n) is 7.17. The third-order valence-electron chi connectivity index (χ3n) is 11.2. The van der Waals surface area contributed by atoms with E-state index < -0.39 is 6.10 Å². The van der Waals surface area contributed by atoms with E-state index in [1.54, 1.807) is 0 Å². The van der Waals surface area contributed by atoms with Gasteiger partial charge in [0.25, 0.3) is 0 Å². The van der Waals surface area contributed by atoms with E-state index in [9.17, 15) is 14.4 Å². The second-order valence-electron chi connectivity index (χ2n) is 17.4. The Morgan fingerprint density at radius 3 is 1.11 bits per heavy atom. The van der Waals surface area contributed by atoms with Crippen LogP contribution in [0.1, 0.15) is 245 Å². The Hall–Kier alpha value is -3.41. The second kappa shape index (κ2) is 52.2. The topological polar surface area (TPSA) is 78.9 Å². The fraction of sp³-hybridized carbons (Fsp3) is 0.707. The molecule has 0 saturated heterocycles. The zero-order valence-corrected chi connectivity index (χ0v) is 41.8. The van der Waals surface area contributed by atoms with Gasteiger partial charge in [0.15, 0.2) is 6.10 Å². The van der Waals surface area contributed by atoms with Crippen LogP contribution >= 0.6 is 0 Å². The molecule has 6 heteroatoms. The molecule has 0 heterocycles. The molecule has 0 aliphatic rings. The molecule has 0 fully saturated rings. The first-order chi connectivity index (χ1) is 31.5. The van der Waals surface area contributed by atoms with E-state index in [4.69, 9.17) is 14.2 Å². The lowest BCUT2D eigenvalue weighted by Gasteiger charge is -2.18. The maximum absolute atomic E-state index is 12.8. The van der Waals surface area contributed by atoms with Crippen LogP contribution in [0.25, 0.3) is 0 Å². The summed E-state index contributed by atoms with van der Waals surface area (Å²) in [4.78, 5) is 38.0. The molecule has 0 aromatic carbocycles. The Morgan fingerprint density at radius 2 is 0.672 bits per heavy atom. The van der Waals surface area contributed by atoms with Crippen molar-refractivity contribution < 1.29 is 28.6 Å². The summed E-state index contributed by atoms with van der Waals surface area (Å²) in [5, 5.41) is 0. The first-order valence-electron chi connectivity index (χ1n) is 26.6. The summed E-state index contributed by atoms with van der Waals surface area (Å²) in [5.41, 5.74) is 0. The van der Waals surface area contributed by atoms with Crippen molar-refractivity contribution in [1.29, 1.82) is 0 Å². The quantitative estimate of drug-likeness (QED) is 0.0199. The lowest BCUT2D eigenvalue weighted by Crippen LogP contribution is -2.30. The molecule has 6 nitrogen and oxygen atoms in total. The predicted molar refractivity (Wildman–Crippen MR) is 274 cm³/mol. The molecular weight excluding hydrogens is 793 g/mol. The Labute approximate surface area is 395 Å². The lowest BCUT2D eigenvalue weighted by molar-refractivity contribution is -0.167. The largest absolute Gasteiger partial charge is 0.462 e. The number of hydrogen-bond donors (Lipinski definition) is 0. The molecule has 1 unspecified atom stereocenters. The number of esters is 3. The number of ether oxygens (including phenoxy) is 3. The highest BCUT2D eigenvalue weighted by Gasteiger charge is 2.19. The van der Waals surface area contributed by atoms with E-state index in [0.717, 1.165) is 89.9 Å². The first kappa shape index (κ1) is 60.6. The predicted octanol–water partition coefficient (Wildman–Crippen LogP) is 17.6. The van der Waals surface area contributed by atoms with Crippen molar-refractivity contribution in [3.63, 3.8) is 0 Å². The standard InChI is InChI=1S/C58H98O6/c1-4-7-10-13-16-19-22-25-27-29-31-33-36-39-42-45-48-51-57(60)63-54-55(53-62-56(59)50-47-44-41-38-35-32-24-21-18-15-12-9-6-3)64-58(61)52-49-46-43-40-37-34-30-28-26-23-20-17-14-11-8-5-2/h7,10,16,19,25,27-28,30-31,33-34,37,39,42,55H,4-6,8-9,11-15,17-18,20-24,26,29,32,35-36,38,40-41,43-54H2,1-3H3/b10-7-,19-16-,27-25-,30-28-,33-31-,37-34-,42-39-. The maximum Gasteiger partial charge on any atom is 0.306 e. The number of unbranched alkanes of at least 4 members (excludes halogenated alkanes) is 23. The van der Waals surface area contributed by atoms with Gasteiger partial charge in [-0.1, -0.05) is 228 Å². The molecule has 0 bridgehead atoms. The zero-order valence-electron chi connectivity index (χ0n) is 41.8. The summed E-state index contributed by atoms with van der Waals surface area (Å²) in [7, 11) is 0. The van der Waals surface area contributed by atoms with Gasteiger partial charge in [0.05, 0.1) is 0 Å². The number of carbonyl (C=O) groups is 3. The SMILES string of the molecule is CC/C=C\C/C=C\C/C=C\C/C=C\C/C=C\CCCC(=O)OCC(COC(=O)CCCCCCCCCCCCCCC)OC(=O)CCCCC/C=C\C=C/CCCCCCCCC. The minimum atomic E-state index is -0.811. The Kier molecular flexibility index (Phi) is 49.4. The highest BCUT2D eigenvalue weighted by Crippen LogP contribution is 2.14. The van der Waals surface area contributed by atoms with Crippen molar-refractivity contribution in [2.24, 2.45) is 0 Å². The van der Waals surface area contributed by atoms with Crippen LogP contribution in [0.5, 0.6) is 0 Å². The van der Waals surface area contributed by atoms with Crippen molar-refractivity contribution in [3.05, 3.63) is 85.1 Å². The average molecular weight is 891 g/mol. The Morgan fingerprint density at radius 1 is 0.344 bits per heavy atom. The maximum atomic E-state index is 12.8. The molecular formula is C58H98O6. The third-order valence-corrected chi connectivity index (χ3v) is 11.2. The highest BCUT2D eigenvalue weighted by atomic mass is 16.6. The average Bonchev–Trinajstić information content (AvgIpc) is 3.29. The Bertz CT molecular complexity index is 1250. The normalized spacial score (nSPS) is 12.7. The van der Waals surface area contributed by atoms with Gasteiger partial charge >= 0.3 is 17.9 Å². The monoisotopic (exact) mass is 891 g/mol. The molecule has 0 aromatic rings. The van der Waals surface area contributed by atoms with Gasteiger partial charge in [-0.2, -0.15) is 0 Å². The summed E-state index contributed by atoms with van der Waals surface area (Å²) in [6, 6.07) is 0. The Balaban J connectivity index is 4.52. The molecule has 0 aliphatic heterocycles. The van der Waals surface area contributed by atoms with Crippen LogP contribution in [-0.2, 0) is 28.6 Å². The van der Waals surface area contributed by atoms with Crippen LogP contribution in [0.4, 0.5) is 0 Å². The molecule has 0 radical (unpaired) electrons. The number of hydrogen-bond acceptors (Lipinski definition) is 6. The van der Waals surface area contributed by atoms with Gasteiger partial charge < -0.3 is 14.2 Å². The fourth-order valence-corrected chi connectivity index (χ4v) is 7.17. The molecule has 0 saturated carbocycles. The van der Waals surface area contributed by atoms with Crippen LogP contribution in [0.3, 0.4) is 0 Å². The highest BCUT2D eigenvalue weighted by molar-refractivity contribution is 5.71. The van der Waals surface area contributed by atoms with Gasteiger partial charge in [0.1, 0.15) is 13.2 Å². The molecule has 366 valence electrons. The third kappa shape index (κ3) is 49.6. The van der Waals surface area contributed by atoms with Crippen molar-refractivity contribution >= 4 is 17.9 Å². The number of carbonyl (C=O) groups excluding carboxylic acids is 3. The molecule has 64 heavy (non-hydrogen) atoms. The van der Waals surface area contributed by atoms with Crippen LogP contribution in [0.2, 0.25) is 0 Å². The summed E-state index contributed by atoms with van der Waals surface area (Å²) in [5.74, 6) is -0.989. The van der Waals surface area contributed by atoms with Crippen LogP contribution < -0.4 is 0 Å². The zero-order chi connectivity index (χ0) is 46.5. The summed E-state index contributed by atoms with van der Waals surface area (Å²) in [6.07, 6.45) is 67.1. The summed E-state index contributed by atoms with van der Waals surface area (Å²) < 4.78 is 16.7. The van der Waals surface area contributed by atoms with Gasteiger partial charge in [-0.15, -0.1) is 0 Å². The minimum Gasteiger partial charge on any atom is -0.462 e. The van der Waals surface area contributed by atoms with Crippen molar-refractivity contribution in [2.45, 2.75) is 252 Å². The molecule has 0 aromatic heterocycles. The van der Waals surface area contributed by atoms with E-state index in [-0.39, 0.29) is 44.0 Å². The van der Waals surface area contributed by atoms with E-state index in [1.165, 1.54) is 109 Å². The molecule has 1 atom stereocenters. The first-order valence-corrected chi connectivity index (χ1v) is 26.6. The van der Waals surface area contributed by atoms with E-state index >= 15 is 0 Å². The molecule has 0 spiro atoms. The minimum absolute atomic E-state index is 0.104. The summed E-state index contributed by atoms with van der Waals surface area (Å²) in [6.45, 7) is 6.45. The number of rotatable bonds is 47. The smallest absolute Gasteiger partial charge is 0.306 e. The van der Waals surface area contributed by atoms with Gasteiger partial charge in [-0.3, -0.25) is 14.4 Å². The number of allylic oxidation sites excluding steroid dienone is 14. The van der Waals surface area contributed by atoms with E-state index in [1.807, 2.05) is 0 Å². The van der Waals surface area contributed by atoms with Crippen LogP contribution in [-0.4, -0.2) is 37.2 Å². The van der Waals surface area contributed by atoms with Gasteiger partial charge in [-0.25, -0.2) is 0 Å². The second-order valence-corrected chi connectivity index (χ2v) is 17.4. The van der Waals surface area contributed by atoms with E-state index in [2.05, 4.69) is 106 Å². The lowest BCUT2D eigenvalue weighted by atomic mass is 10.0. The molecule has 0 rings (SSSR count). The van der Waals surface area contributed by atoms with Crippen molar-refractivity contribution in [3.8, 4) is 0 Å². The van der Waals surface area contributed by atoms with Crippen LogP contribution in [0.15, 0.2) is 85.1 Å². The molecule has 0 amide bonds. The van der Waals surface area contributed by atoms with Crippen molar-refractivity contribution in [1.82, 2.24) is 0 Å². The van der Waals surface area contributed by atoms with Crippen LogP contribution in [0, 0.1) is 0 Å². The van der Waals surface area contributed by atoms with Gasteiger partial charge in [0.2, 0.25) is 0 Å². The van der Waals surface area contributed by atoms with Gasteiger partial charge in [0, 0.05) is 19.3 Å². The van der Waals surface area contributed by atoms with Crippen molar-refractivity contribution in [2.75, 3.05) is 13.2 Å². The van der Waals surface area contributed by atoms with Gasteiger partial charge in [-0.05, 0) is 83.5 Å². The van der Waals surface area contributed by atoms with E-state index in [0.29, 0.717) is 12.8 Å². The summed E-state index contributed by atoms with van der Waals surface area (Å²) >= 11 is 0. The molecule has 0 aliphatic carbocycles. The molecule has 0 N–H and O–H groups in total.